The third-order valence-corrected chi connectivity index (χ3v) is 5.49. The summed E-state index contributed by atoms with van der Waals surface area (Å²) in [6, 6.07) is 13.2. The van der Waals surface area contributed by atoms with Crippen LogP contribution in [0.1, 0.15) is 0 Å². The van der Waals surface area contributed by atoms with Crippen molar-refractivity contribution in [2.45, 2.75) is 4.90 Å². The molecule has 0 unspecified atom stereocenters. The molecule has 0 spiro atoms. The summed E-state index contributed by atoms with van der Waals surface area (Å²) in [4.78, 5) is 12.1. The van der Waals surface area contributed by atoms with Gasteiger partial charge < -0.3 is 5.32 Å². The summed E-state index contributed by atoms with van der Waals surface area (Å²) in [6.45, 7) is -0.251. The lowest BCUT2D eigenvalue weighted by Crippen LogP contribution is -2.35. The zero-order valence-corrected chi connectivity index (χ0v) is 13.2. The van der Waals surface area contributed by atoms with E-state index in [1.165, 1.54) is 6.07 Å². The predicted octanol–water partition coefficient (Wildman–Crippen LogP) is 2.60. The topological polar surface area (TPSA) is 66.5 Å². The van der Waals surface area contributed by atoms with Crippen molar-refractivity contribution in [1.82, 2.24) is 0 Å². The van der Waals surface area contributed by atoms with Gasteiger partial charge in [0.05, 0.1) is 11.4 Å². The van der Waals surface area contributed by atoms with Crippen LogP contribution in [0.25, 0.3) is 0 Å². The molecule has 1 aliphatic rings. The largest absolute Gasteiger partial charge is 0.323 e. The van der Waals surface area contributed by atoms with E-state index in [4.69, 9.17) is 0 Å². The van der Waals surface area contributed by atoms with Crippen LogP contribution >= 0.6 is 15.9 Å². The van der Waals surface area contributed by atoms with Gasteiger partial charge in [0.1, 0.15) is 11.4 Å². The fraction of sp³-hybridized carbons (Fsp3) is 0.0714. The number of carbonyl (C=O) groups is 1. The summed E-state index contributed by atoms with van der Waals surface area (Å²) in [5.41, 5.74) is 0.757. The van der Waals surface area contributed by atoms with Crippen molar-refractivity contribution in [2.24, 2.45) is 0 Å². The minimum Gasteiger partial charge on any atom is -0.323 e. The van der Waals surface area contributed by atoms with Crippen molar-refractivity contribution in [3.8, 4) is 0 Å². The molecule has 0 aromatic heterocycles. The number of anilines is 2. The first-order chi connectivity index (χ1) is 9.98. The van der Waals surface area contributed by atoms with Gasteiger partial charge in [-0.25, -0.2) is 8.42 Å². The first-order valence-electron chi connectivity index (χ1n) is 6.16. The Balaban J connectivity index is 2.17. The fourth-order valence-corrected chi connectivity index (χ4v) is 3.99. The molecule has 3 rings (SSSR count). The smallest absolute Gasteiger partial charge is 0.266 e. The highest BCUT2D eigenvalue weighted by atomic mass is 79.9. The van der Waals surface area contributed by atoms with Gasteiger partial charge in [0.25, 0.3) is 10.0 Å². The second-order valence-electron chi connectivity index (χ2n) is 4.53. The summed E-state index contributed by atoms with van der Waals surface area (Å²) in [6.07, 6.45) is 0. The number of hydrogen-bond acceptors (Lipinski definition) is 3. The zero-order valence-electron chi connectivity index (χ0n) is 10.8. The molecule has 0 saturated carbocycles. The molecule has 0 bridgehead atoms. The second-order valence-corrected chi connectivity index (χ2v) is 7.28. The molecule has 1 heterocycles. The number of sulfonamides is 1. The van der Waals surface area contributed by atoms with Crippen LogP contribution in [0.3, 0.4) is 0 Å². The first-order valence-corrected chi connectivity index (χ1v) is 8.39. The molecule has 0 atom stereocenters. The molecule has 5 nitrogen and oxygen atoms in total. The van der Waals surface area contributed by atoms with E-state index in [1.54, 1.807) is 42.5 Å². The van der Waals surface area contributed by atoms with Crippen LogP contribution in [0, 0.1) is 0 Å². The molecule has 0 radical (unpaired) electrons. The Morgan fingerprint density at radius 3 is 2.43 bits per heavy atom. The Morgan fingerprint density at radius 1 is 1.05 bits per heavy atom. The van der Waals surface area contributed by atoms with Crippen LogP contribution in [0.15, 0.2) is 57.9 Å². The van der Waals surface area contributed by atoms with Crippen molar-refractivity contribution in [3.63, 3.8) is 0 Å². The van der Waals surface area contributed by atoms with Crippen LogP contribution in [0.4, 0.5) is 11.4 Å². The molecule has 0 fully saturated rings. The van der Waals surface area contributed by atoms with Crippen molar-refractivity contribution in [1.29, 1.82) is 0 Å². The van der Waals surface area contributed by atoms with E-state index in [-0.39, 0.29) is 17.3 Å². The van der Waals surface area contributed by atoms with Gasteiger partial charge >= 0.3 is 0 Å². The van der Waals surface area contributed by atoms with E-state index in [0.29, 0.717) is 11.4 Å². The monoisotopic (exact) mass is 366 g/mol. The van der Waals surface area contributed by atoms with Crippen molar-refractivity contribution in [2.75, 3.05) is 16.2 Å². The standard InChI is InChI=1S/C14H11BrN2O3S/c15-10-5-7-11(8-6-10)17-9-14(18)16-12-3-1-2-4-13(12)21(17,19)20/h1-8H,9H2,(H,16,18). The summed E-state index contributed by atoms with van der Waals surface area (Å²) in [7, 11) is -3.78. The molecule has 1 aliphatic heterocycles. The Kier molecular flexibility index (Phi) is 3.46. The van der Waals surface area contributed by atoms with Crippen LogP contribution in [0.5, 0.6) is 0 Å². The zero-order chi connectivity index (χ0) is 15.0. The number of hydrogen-bond donors (Lipinski definition) is 1. The number of fused-ring (bicyclic) bond motifs is 1. The average Bonchev–Trinajstić information content (AvgIpc) is 2.55. The Hall–Kier alpha value is -1.86. The molecule has 1 N–H and O–H groups in total. The maximum atomic E-state index is 12.8. The number of nitrogens with zero attached hydrogens (tertiary/aromatic N) is 1. The van der Waals surface area contributed by atoms with E-state index < -0.39 is 10.0 Å². The normalized spacial score (nSPS) is 16.8. The third-order valence-electron chi connectivity index (χ3n) is 3.13. The molecule has 7 heteroatoms. The van der Waals surface area contributed by atoms with E-state index in [9.17, 15) is 13.2 Å². The van der Waals surface area contributed by atoms with E-state index in [1.807, 2.05) is 0 Å². The number of amides is 1. The number of benzene rings is 2. The van der Waals surface area contributed by atoms with E-state index in [2.05, 4.69) is 21.2 Å². The Labute approximate surface area is 130 Å². The lowest BCUT2D eigenvalue weighted by molar-refractivity contribution is -0.114. The quantitative estimate of drug-likeness (QED) is 0.843. The summed E-state index contributed by atoms with van der Waals surface area (Å²) < 4.78 is 27.5. The Bertz CT molecular complexity index is 803. The fourth-order valence-electron chi connectivity index (χ4n) is 2.16. The number of para-hydroxylation sites is 1. The van der Waals surface area contributed by atoms with Crippen molar-refractivity contribution < 1.29 is 13.2 Å². The van der Waals surface area contributed by atoms with Crippen LogP contribution in [0.2, 0.25) is 0 Å². The maximum Gasteiger partial charge on any atom is 0.266 e. The molecule has 21 heavy (non-hydrogen) atoms. The van der Waals surface area contributed by atoms with Gasteiger partial charge in [-0.15, -0.1) is 0 Å². The van der Waals surface area contributed by atoms with E-state index >= 15 is 0 Å². The summed E-state index contributed by atoms with van der Waals surface area (Å²) >= 11 is 3.30. The molecular formula is C14H11BrN2O3S. The van der Waals surface area contributed by atoms with Gasteiger partial charge in [-0.1, -0.05) is 28.1 Å². The molecular weight excluding hydrogens is 356 g/mol. The van der Waals surface area contributed by atoms with Gasteiger partial charge in [0.2, 0.25) is 5.91 Å². The lowest BCUT2D eigenvalue weighted by atomic mass is 10.3. The number of rotatable bonds is 1. The van der Waals surface area contributed by atoms with Crippen molar-refractivity contribution >= 4 is 43.2 Å². The average molecular weight is 367 g/mol. The van der Waals surface area contributed by atoms with Gasteiger partial charge in [-0.3, -0.25) is 9.10 Å². The summed E-state index contributed by atoms with van der Waals surface area (Å²) in [5.74, 6) is -0.369. The van der Waals surface area contributed by atoms with Gasteiger partial charge in [0, 0.05) is 4.47 Å². The first kappa shape index (κ1) is 14.1. The second kappa shape index (κ2) is 5.16. The summed E-state index contributed by atoms with van der Waals surface area (Å²) in [5, 5.41) is 2.62. The third kappa shape index (κ3) is 2.54. The van der Waals surface area contributed by atoms with Gasteiger partial charge in [-0.05, 0) is 36.4 Å². The maximum absolute atomic E-state index is 12.8. The van der Waals surface area contributed by atoms with E-state index in [0.717, 1.165) is 8.78 Å². The molecule has 2 aromatic carbocycles. The molecule has 108 valence electrons. The Morgan fingerprint density at radius 2 is 1.71 bits per heavy atom. The SMILES string of the molecule is O=C1CN(c2ccc(Br)cc2)S(=O)(=O)c2ccccc2N1. The highest BCUT2D eigenvalue weighted by Gasteiger charge is 2.32. The van der Waals surface area contributed by atoms with Gasteiger partial charge in [0.15, 0.2) is 0 Å². The molecule has 1 amide bonds. The lowest BCUT2D eigenvalue weighted by Gasteiger charge is -2.21. The highest BCUT2D eigenvalue weighted by molar-refractivity contribution is 9.10. The number of halogens is 1. The molecule has 0 aliphatic carbocycles. The molecule has 0 saturated heterocycles. The highest BCUT2D eigenvalue weighted by Crippen LogP contribution is 2.31. The van der Waals surface area contributed by atoms with Crippen LogP contribution < -0.4 is 9.62 Å². The number of nitrogens with one attached hydrogen (secondary N) is 1. The van der Waals surface area contributed by atoms with Crippen LogP contribution in [-0.2, 0) is 14.8 Å². The van der Waals surface area contributed by atoms with Gasteiger partial charge in [-0.2, -0.15) is 0 Å². The predicted molar refractivity (Wildman–Crippen MR) is 83.7 cm³/mol. The van der Waals surface area contributed by atoms with Crippen LogP contribution in [-0.4, -0.2) is 20.9 Å². The molecule has 2 aromatic rings. The number of carbonyl (C=O) groups excluding carboxylic acids is 1. The minimum absolute atomic E-state index is 0.0961. The minimum atomic E-state index is -3.78. The van der Waals surface area contributed by atoms with Crippen molar-refractivity contribution in [3.05, 3.63) is 53.0 Å².